The van der Waals surface area contributed by atoms with E-state index in [4.69, 9.17) is 0 Å². The van der Waals surface area contributed by atoms with Gasteiger partial charge in [-0.15, -0.1) is 0 Å². The Hall–Kier alpha value is -2.35. The normalized spacial score (nSPS) is 29.9. The molecule has 1 atom stereocenters. The number of carbonyl (C=O) groups excluding carboxylic acids is 2. The summed E-state index contributed by atoms with van der Waals surface area (Å²) in [6.07, 6.45) is 7.07. The first kappa shape index (κ1) is 19.9. The fourth-order valence-corrected chi connectivity index (χ4v) is 5.09. The summed E-state index contributed by atoms with van der Waals surface area (Å²) in [7, 11) is 1.32. The number of ether oxygens (including phenoxy) is 1. The first-order valence-electron chi connectivity index (χ1n) is 10.6. The predicted octanol–water partition coefficient (Wildman–Crippen LogP) is 2.38. The number of carbonyl (C=O) groups is 2. The van der Waals surface area contributed by atoms with Gasteiger partial charge in [0, 0.05) is 25.7 Å². The van der Waals surface area contributed by atoms with E-state index in [1.807, 2.05) is 6.07 Å². The molecule has 3 fully saturated rings. The van der Waals surface area contributed by atoms with Gasteiger partial charge in [-0.3, -0.25) is 10.1 Å². The minimum absolute atomic E-state index is 0.203. The van der Waals surface area contributed by atoms with Gasteiger partial charge >= 0.3 is 6.09 Å². The predicted molar refractivity (Wildman–Crippen MR) is 109 cm³/mol. The topological polar surface area (TPSA) is 95.0 Å². The van der Waals surface area contributed by atoms with Gasteiger partial charge < -0.3 is 19.6 Å². The highest BCUT2D eigenvalue weighted by molar-refractivity contribution is 5.86. The number of amides is 2. The van der Waals surface area contributed by atoms with Crippen LogP contribution in [0.5, 0.6) is 0 Å². The van der Waals surface area contributed by atoms with E-state index in [1.165, 1.54) is 7.11 Å². The molecule has 1 aromatic heterocycles. The van der Waals surface area contributed by atoms with Crippen molar-refractivity contribution < 1.29 is 19.4 Å². The monoisotopic (exact) mass is 402 g/mol. The molecule has 3 heterocycles. The number of aliphatic hydroxyl groups is 1. The van der Waals surface area contributed by atoms with Crippen LogP contribution in [0.4, 0.5) is 16.3 Å². The van der Waals surface area contributed by atoms with Crippen molar-refractivity contribution in [2.45, 2.75) is 57.1 Å². The van der Waals surface area contributed by atoms with Gasteiger partial charge in [0.25, 0.3) is 0 Å². The van der Waals surface area contributed by atoms with Crippen LogP contribution in [0, 0.1) is 5.41 Å². The Labute approximate surface area is 171 Å². The van der Waals surface area contributed by atoms with Crippen LogP contribution in [0.2, 0.25) is 0 Å². The van der Waals surface area contributed by atoms with Crippen LogP contribution < -0.4 is 10.2 Å². The molecule has 29 heavy (non-hydrogen) atoms. The van der Waals surface area contributed by atoms with E-state index in [0.717, 1.165) is 63.9 Å². The Morgan fingerprint density at radius 2 is 2.03 bits per heavy atom. The maximum atomic E-state index is 13.4. The summed E-state index contributed by atoms with van der Waals surface area (Å²) >= 11 is 0. The fourth-order valence-electron chi connectivity index (χ4n) is 5.09. The second-order valence-corrected chi connectivity index (χ2v) is 8.54. The van der Waals surface area contributed by atoms with Crippen molar-refractivity contribution in [3.05, 3.63) is 18.3 Å². The third-order valence-electron chi connectivity index (χ3n) is 6.73. The minimum Gasteiger partial charge on any atom is -0.453 e. The zero-order valence-electron chi connectivity index (χ0n) is 17.0. The molecule has 158 valence electrons. The fraction of sp³-hybridized carbons (Fsp3) is 0.667. The molecule has 8 heteroatoms. The largest absolute Gasteiger partial charge is 0.453 e. The molecule has 1 aromatic rings. The highest BCUT2D eigenvalue weighted by Gasteiger charge is 2.50. The molecule has 2 amide bonds. The van der Waals surface area contributed by atoms with Crippen LogP contribution >= 0.6 is 0 Å². The second-order valence-electron chi connectivity index (χ2n) is 8.54. The molecule has 3 aliphatic rings. The molecular weight excluding hydrogens is 372 g/mol. The summed E-state index contributed by atoms with van der Waals surface area (Å²) in [6.45, 7) is 2.39. The Bertz CT molecular complexity index is 748. The van der Waals surface area contributed by atoms with E-state index < -0.39 is 6.09 Å². The summed E-state index contributed by atoms with van der Waals surface area (Å²) in [5.41, 5.74) is 0.258. The number of nitrogens with one attached hydrogen (secondary N) is 1. The first-order valence-corrected chi connectivity index (χ1v) is 10.6. The molecule has 2 aliphatic heterocycles. The molecule has 0 unspecified atom stereocenters. The third kappa shape index (κ3) is 4.03. The van der Waals surface area contributed by atoms with Gasteiger partial charge in [-0.2, -0.15) is 0 Å². The molecule has 0 bridgehead atoms. The van der Waals surface area contributed by atoms with E-state index in [9.17, 15) is 14.7 Å². The van der Waals surface area contributed by atoms with Gasteiger partial charge in [0.05, 0.1) is 30.5 Å². The molecule has 1 aliphatic carbocycles. The van der Waals surface area contributed by atoms with Crippen LogP contribution in [0.3, 0.4) is 0 Å². The number of pyridine rings is 1. The molecule has 2 N–H and O–H groups in total. The first-order chi connectivity index (χ1) is 14.0. The van der Waals surface area contributed by atoms with Crippen molar-refractivity contribution in [3.8, 4) is 0 Å². The quantitative estimate of drug-likeness (QED) is 0.806. The van der Waals surface area contributed by atoms with Gasteiger partial charge in [-0.25, -0.2) is 9.78 Å². The summed E-state index contributed by atoms with van der Waals surface area (Å²) < 4.78 is 4.60. The lowest BCUT2D eigenvalue weighted by molar-refractivity contribution is -0.139. The van der Waals surface area contributed by atoms with E-state index >= 15 is 0 Å². The van der Waals surface area contributed by atoms with Crippen LogP contribution in [0.25, 0.3) is 0 Å². The number of hydrogen-bond acceptors (Lipinski definition) is 6. The molecule has 4 rings (SSSR count). The van der Waals surface area contributed by atoms with E-state index in [2.05, 4.69) is 24.8 Å². The van der Waals surface area contributed by atoms with Crippen LogP contribution in [-0.2, 0) is 9.53 Å². The SMILES string of the molecule is COC(=O)Nc1ccc(N2CCC[C@@]3(CCN(C4CCC(O)CC4)C3=O)C2)nc1. The van der Waals surface area contributed by atoms with Gasteiger partial charge in [-0.1, -0.05) is 0 Å². The Morgan fingerprint density at radius 3 is 2.72 bits per heavy atom. The summed E-state index contributed by atoms with van der Waals surface area (Å²) in [5.74, 6) is 1.11. The molecule has 1 saturated carbocycles. The van der Waals surface area contributed by atoms with Gasteiger partial charge in [0.15, 0.2) is 0 Å². The van der Waals surface area contributed by atoms with Crippen LogP contribution in [0.1, 0.15) is 44.9 Å². The standard InChI is InChI=1S/C21H30N4O4/c1-29-20(28)23-15-3-8-18(22-13-15)24-11-2-9-21(14-24)10-12-25(19(21)27)16-4-6-17(26)7-5-16/h3,8,13,16-17,26H,2,4-7,9-12,14H2,1H3,(H,23,28)/t16?,17?,21-/m1/s1. The average molecular weight is 402 g/mol. The maximum Gasteiger partial charge on any atom is 0.411 e. The van der Waals surface area contributed by atoms with Crippen LogP contribution in [-0.4, -0.2) is 65.9 Å². The Balaban J connectivity index is 1.43. The van der Waals surface area contributed by atoms with Crippen molar-refractivity contribution in [2.24, 2.45) is 5.41 Å². The van der Waals surface area contributed by atoms with E-state index in [-0.39, 0.29) is 23.5 Å². The molecule has 0 aromatic carbocycles. The zero-order chi connectivity index (χ0) is 20.4. The van der Waals surface area contributed by atoms with E-state index in [1.54, 1.807) is 12.3 Å². The molecule has 2 saturated heterocycles. The van der Waals surface area contributed by atoms with Crippen LogP contribution in [0.15, 0.2) is 18.3 Å². The van der Waals surface area contributed by atoms with E-state index in [0.29, 0.717) is 12.2 Å². The van der Waals surface area contributed by atoms with Crippen molar-refractivity contribution in [2.75, 3.05) is 37.0 Å². The Morgan fingerprint density at radius 1 is 1.24 bits per heavy atom. The van der Waals surface area contributed by atoms with Crippen molar-refractivity contribution in [1.82, 2.24) is 9.88 Å². The smallest absolute Gasteiger partial charge is 0.411 e. The summed E-state index contributed by atoms with van der Waals surface area (Å²) in [5, 5.41) is 12.4. The highest BCUT2D eigenvalue weighted by atomic mass is 16.5. The molecule has 0 radical (unpaired) electrons. The molecule has 1 spiro atoms. The number of piperidine rings is 1. The van der Waals surface area contributed by atoms with Crippen molar-refractivity contribution >= 4 is 23.5 Å². The number of aliphatic hydroxyl groups excluding tert-OH is 1. The lowest BCUT2D eigenvalue weighted by atomic mass is 9.78. The number of aromatic nitrogens is 1. The lowest BCUT2D eigenvalue weighted by Gasteiger charge is -2.41. The Kier molecular flexibility index (Phi) is 5.63. The summed E-state index contributed by atoms with van der Waals surface area (Å²) in [6, 6.07) is 3.96. The van der Waals surface area contributed by atoms with Gasteiger partial charge in [-0.05, 0) is 57.1 Å². The number of nitrogens with zero attached hydrogens (tertiary/aromatic N) is 3. The average Bonchev–Trinajstić information content (AvgIpc) is 3.04. The van der Waals surface area contributed by atoms with Gasteiger partial charge in [0.2, 0.25) is 5.91 Å². The lowest BCUT2D eigenvalue weighted by Crippen LogP contribution is -2.50. The molecule has 8 nitrogen and oxygen atoms in total. The zero-order valence-corrected chi connectivity index (χ0v) is 17.0. The highest BCUT2D eigenvalue weighted by Crippen LogP contribution is 2.43. The number of anilines is 2. The van der Waals surface area contributed by atoms with Crippen molar-refractivity contribution in [3.63, 3.8) is 0 Å². The maximum absolute atomic E-state index is 13.4. The summed E-state index contributed by atoms with van der Waals surface area (Å²) in [4.78, 5) is 33.5. The number of rotatable bonds is 3. The molecular formula is C21H30N4O4. The minimum atomic E-state index is -0.525. The second kappa shape index (κ2) is 8.18. The number of methoxy groups -OCH3 is 1. The van der Waals surface area contributed by atoms with Gasteiger partial charge in [0.1, 0.15) is 5.82 Å². The number of hydrogen-bond donors (Lipinski definition) is 2. The number of likely N-dealkylation sites (tertiary alicyclic amines) is 1. The van der Waals surface area contributed by atoms with Crippen molar-refractivity contribution in [1.29, 1.82) is 0 Å². The third-order valence-corrected chi connectivity index (χ3v) is 6.73.